The topological polar surface area (TPSA) is 68.8 Å². The molecule has 1 aliphatic rings. The molecule has 0 amide bonds. The van der Waals surface area contributed by atoms with Crippen LogP contribution >= 0.6 is 11.6 Å². The molecule has 1 aliphatic heterocycles. The van der Waals surface area contributed by atoms with Gasteiger partial charge in [-0.1, -0.05) is 59.6 Å². The van der Waals surface area contributed by atoms with Crippen LogP contribution in [0.3, 0.4) is 0 Å². The molecule has 0 spiro atoms. The highest BCUT2D eigenvalue weighted by molar-refractivity contribution is 6.31. The molecule has 0 aliphatic carbocycles. The van der Waals surface area contributed by atoms with E-state index in [1.165, 1.54) is 11.1 Å². The zero-order valence-corrected chi connectivity index (χ0v) is 14.0. The van der Waals surface area contributed by atoms with E-state index in [0.29, 0.717) is 5.95 Å². The lowest BCUT2D eigenvalue weighted by Gasteiger charge is -2.32. The Morgan fingerprint density at radius 3 is 2.67 bits per heavy atom. The van der Waals surface area contributed by atoms with Crippen molar-refractivity contribution in [3.8, 4) is 0 Å². The largest absolute Gasteiger partial charge is 0.366 e. The molecule has 0 bridgehead atoms. The van der Waals surface area contributed by atoms with Crippen LogP contribution in [0.4, 0.5) is 11.9 Å². The third-order valence-electron chi connectivity index (χ3n) is 4.45. The number of halogens is 1. The van der Waals surface area contributed by atoms with Crippen molar-refractivity contribution in [3.63, 3.8) is 0 Å². The number of nitrogens with two attached hydrogens (primary N) is 1. The molecule has 2 heterocycles. The Kier molecular flexibility index (Phi) is 3.65. The fourth-order valence-electron chi connectivity index (χ4n) is 3.22. The van der Waals surface area contributed by atoms with E-state index >= 15 is 0 Å². The van der Waals surface area contributed by atoms with E-state index in [0.717, 1.165) is 17.0 Å². The third kappa shape index (κ3) is 2.61. The summed E-state index contributed by atoms with van der Waals surface area (Å²) < 4.78 is 1.83. The van der Waals surface area contributed by atoms with Crippen LogP contribution in [-0.4, -0.2) is 14.8 Å². The Hall–Kier alpha value is -2.53. The summed E-state index contributed by atoms with van der Waals surface area (Å²) >= 11 is 6.43. The second-order valence-electron chi connectivity index (χ2n) is 6.12. The van der Waals surface area contributed by atoms with Crippen LogP contribution in [0.25, 0.3) is 0 Å². The standard InChI is InChI=1S/C18H18ClN5/c1-11-6-8-12(9-7-11)15-10-16(13-4-2-3-5-14(13)19)24-18(21-15)22-17(20)23-24/h2-9,15-16H,10H2,1H3,(H3,20,21,22,23)/t15-,16-/m1/s1. The van der Waals surface area contributed by atoms with Crippen LogP contribution in [0.2, 0.25) is 5.02 Å². The summed E-state index contributed by atoms with van der Waals surface area (Å²) in [5, 5.41) is 8.52. The third-order valence-corrected chi connectivity index (χ3v) is 4.79. The van der Waals surface area contributed by atoms with Gasteiger partial charge in [-0.25, -0.2) is 4.68 Å². The van der Waals surface area contributed by atoms with Crippen molar-refractivity contribution in [1.29, 1.82) is 0 Å². The lowest BCUT2D eigenvalue weighted by molar-refractivity contribution is 0.431. The van der Waals surface area contributed by atoms with Crippen molar-refractivity contribution in [3.05, 3.63) is 70.2 Å². The van der Waals surface area contributed by atoms with Crippen LogP contribution in [-0.2, 0) is 0 Å². The summed E-state index contributed by atoms with van der Waals surface area (Å²) in [6.07, 6.45) is 0.822. The van der Waals surface area contributed by atoms with E-state index in [-0.39, 0.29) is 18.0 Å². The molecule has 0 saturated carbocycles. The molecule has 2 aromatic carbocycles. The first-order valence-electron chi connectivity index (χ1n) is 7.91. The molecule has 1 aromatic heterocycles. The summed E-state index contributed by atoms with van der Waals surface area (Å²) in [4.78, 5) is 4.33. The molecule has 0 radical (unpaired) electrons. The van der Waals surface area contributed by atoms with Crippen LogP contribution in [0.1, 0.15) is 35.2 Å². The summed E-state index contributed by atoms with van der Waals surface area (Å²) in [7, 11) is 0. The van der Waals surface area contributed by atoms with Crippen molar-refractivity contribution in [1.82, 2.24) is 14.8 Å². The molecule has 3 N–H and O–H groups in total. The highest BCUT2D eigenvalue weighted by atomic mass is 35.5. The monoisotopic (exact) mass is 339 g/mol. The van der Waals surface area contributed by atoms with Crippen LogP contribution in [0, 0.1) is 6.92 Å². The lowest BCUT2D eigenvalue weighted by atomic mass is 9.93. The SMILES string of the molecule is Cc1ccc([C@H]2C[C@H](c3ccccc3Cl)n3nc(N)nc3N2)cc1. The Labute approximate surface area is 145 Å². The molecule has 6 heteroatoms. The zero-order valence-electron chi connectivity index (χ0n) is 13.3. The maximum atomic E-state index is 6.43. The predicted molar refractivity (Wildman–Crippen MR) is 96.2 cm³/mol. The number of benzene rings is 2. The number of aromatic nitrogens is 3. The second-order valence-corrected chi connectivity index (χ2v) is 6.53. The molecular weight excluding hydrogens is 322 g/mol. The van der Waals surface area contributed by atoms with E-state index in [4.69, 9.17) is 17.3 Å². The van der Waals surface area contributed by atoms with Crippen molar-refractivity contribution in [2.24, 2.45) is 0 Å². The summed E-state index contributed by atoms with van der Waals surface area (Å²) in [6.45, 7) is 2.09. The minimum atomic E-state index is -0.00828. The van der Waals surface area contributed by atoms with Gasteiger partial charge in [0.15, 0.2) is 0 Å². The minimum Gasteiger partial charge on any atom is -0.366 e. The van der Waals surface area contributed by atoms with E-state index < -0.39 is 0 Å². The number of fused-ring (bicyclic) bond motifs is 1. The number of nitrogen functional groups attached to an aromatic ring is 1. The minimum absolute atomic E-state index is 0.00828. The molecule has 4 rings (SSSR count). The van der Waals surface area contributed by atoms with Gasteiger partial charge in [-0.15, -0.1) is 5.10 Å². The maximum Gasteiger partial charge on any atom is 0.241 e. The number of hydrogen-bond donors (Lipinski definition) is 2. The number of rotatable bonds is 2. The zero-order chi connectivity index (χ0) is 16.7. The van der Waals surface area contributed by atoms with Gasteiger partial charge >= 0.3 is 0 Å². The Bertz CT molecular complexity index is 871. The van der Waals surface area contributed by atoms with Crippen LogP contribution in [0.15, 0.2) is 48.5 Å². The average molecular weight is 340 g/mol. The molecule has 24 heavy (non-hydrogen) atoms. The molecule has 0 saturated heterocycles. The maximum absolute atomic E-state index is 6.43. The van der Waals surface area contributed by atoms with Crippen LogP contribution in [0.5, 0.6) is 0 Å². The van der Waals surface area contributed by atoms with Crippen molar-refractivity contribution in [2.75, 3.05) is 11.1 Å². The molecule has 3 aromatic rings. The van der Waals surface area contributed by atoms with Gasteiger partial charge in [0, 0.05) is 5.02 Å². The van der Waals surface area contributed by atoms with Crippen molar-refractivity contribution >= 4 is 23.5 Å². The van der Waals surface area contributed by atoms with Crippen molar-refractivity contribution in [2.45, 2.75) is 25.4 Å². The first-order valence-corrected chi connectivity index (χ1v) is 8.29. The van der Waals surface area contributed by atoms with E-state index in [1.807, 2.05) is 28.9 Å². The number of anilines is 2. The Balaban J connectivity index is 1.78. The molecule has 122 valence electrons. The fraction of sp³-hybridized carbons (Fsp3) is 0.222. The van der Waals surface area contributed by atoms with Crippen LogP contribution < -0.4 is 11.1 Å². The van der Waals surface area contributed by atoms with Gasteiger partial charge in [0.1, 0.15) is 0 Å². The quantitative estimate of drug-likeness (QED) is 0.741. The van der Waals surface area contributed by atoms with E-state index in [1.54, 1.807) is 0 Å². The Morgan fingerprint density at radius 2 is 1.92 bits per heavy atom. The number of nitrogens with one attached hydrogen (secondary N) is 1. The smallest absolute Gasteiger partial charge is 0.241 e. The van der Waals surface area contributed by atoms with Gasteiger partial charge in [0.2, 0.25) is 11.9 Å². The van der Waals surface area contributed by atoms with E-state index in [2.05, 4.69) is 46.6 Å². The molecule has 2 atom stereocenters. The molecule has 0 fully saturated rings. The lowest BCUT2D eigenvalue weighted by Crippen LogP contribution is -2.28. The van der Waals surface area contributed by atoms with Gasteiger partial charge < -0.3 is 11.1 Å². The number of hydrogen-bond acceptors (Lipinski definition) is 4. The Morgan fingerprint density at radius 1 is 1.17 bits per heavy atom. The first-order chi connectivity index (χ1) is 11.6. The van der Waals surface area contributed by atoms with Gasteiger partial charge in [-0.3, -0.25) is 0 Å². The summed E-state index contributed by atoms with van der Waals surface area (Å²) in [6, 6.07) is 16.5. The normalized spacial score (nSPS) is 19.6. The fourth-order valence-corrected chi connectivity index (χ4v) is 3.48. The van der Waals surface area contributed by atoms with Gasteiger partial charge in [-0.2, -0.15) is 4.98 Å². The van der Waals surface area contributed by atoms with Gasteiger partial charge in [-0.05, 0) is 30.5 Å². The van der Waals surface area contributed by atoms with Gasteiger partial charge in [0.25, 0.3) is 0 Å². The molecular formula is C18H18ClN5. The van der Waals surface area contributed by atoms with Gasteiger partial charge in [0.05, 0.1) is 12.1 Å². The summed E-state index contributed by atoms with van der Waals surface area (Å²) in [5.41, 5.74) is 9.31. The molecule has 5 nitrogen and oxygen atoms in total. The van der Waals surface area contributed by atoms with Crippen molar-refractivity contribution < 1.29 is 0 Å². The van der Waals surface area contributed by atoms with E-state index in [9.17, 15) is 0 Å². The molecule has 0 unspecified atom stereocenters. The summed E-state index contributed by atoms with van der Waals surface area (Å²) in [5.74, 6) is 0.938. The highest BCUT2D eigenvalue weighted by Crippen LogP contribution is 2.40. The highest BCUT2D eigenvalue weighted by Gasteiger charge is 2.31. The number of aryl methyl sites for hydroxylation is 1. The average Bonchev–Trinajstić information content (AvgIpc) is 2.95. The second kappa shape index (κ2) is 5.83. The predicted octanol–water partition coefficient (Wildman–Crippen LogP) is 3.97. The first kappa shape index (κ1) is 15.0. The number of nitrogens with zero attached hydrogens (tertiary/aromatic N) is 3.